The van der Waals surface area contributed by atoms with E-state index in [2.05, 4.69) is 0 Å². The van der Waals surface area contributed by atoms with Crippen LogP contribution in [0.5, 0.6) is 0 Å². The summed E-state index contributed by atoms with van der Waals surface area (Å²) in [5.41, 5.74) is 1.08. The average molecular weight is 322 g/mol. The molecule has 130 valence electrons. The summed E-state index contributed by atoms with van der Waals surface area (Å²) in [5, 5.41) is 20.2. The van der Waals surface area contributed by atoms with Gasteiger partial charge in [-0.05, 0) is 12.0 Å². The average Bonchev–Trinajstić information content (AvgIpc) is 2.59. The highest BCUT2D eigenvalue weighted by molar-refractivity contribution is 5.83. The van der Waals surface area contributed by atoms with Crippen molar-refractivity contribution in [1.82, 2.24) is 0 Å². The van der Waals surface area contributed by atoms with Gasteiger partial charge in [0, 0.05) is 17.8 Å². The Hall–Kier alpha value is -1.23. The van der Waals surface area contributed by atoms with Crippen LogP contribution in [0, 0.1) is 17.8 Å². The van der Waals surface area contributed by atoms with Gasteiger partial charge in [0.05, 0.1) is 25.4 Å². The molecule has 1 aromatic rings. The van der Waals surface area contributed by atoms with Crippen molar-refractivity contribution in [2.75, 3.05) is 6.61 Å². The third-order valence-corrected chi connectivity index (χ3v) is 4.48. The summed E-state index contributed by atoms with van der Waals surface area (Å²) in [4.78, 5) is 12.3. The van der Waals surface area contributed by atoms with E-state index in [1.165, 1.54) is 0 Å². The predicted molar refractivity (Wildman–Crippen MR) is 90.9 cm³/mol. The molecule has 0 amide bonds. The van der Waals surface area contributed by atoms with Gasteiger partial charge in [-0.1, -0.05) is 58.0 Å². The van der Waals surface area contributed by atoms with Gasteiger partial charge in [0.25, 0.3) is 0 Å². The van der Waals surface area contributed by atoms with E-state index in [4.69, 9.17) is 4.74 Å². The molecule has 0 fully saturated rings. The second-order valence-electron chi connectivity index (χ2n) is 6.42. The predicted octanol–water partition coefficient (Wildman–Crippen LogP) is 2.81. The van der Waals surface area contributed by atoms with Crippen LogP contribution < -0.4 is 0 Å². The summed E-state index contributed by atoms with van der Waals surface area (Å²) in [6.45, 7) is 8.04. The number of aliphatic hydroxyl groups is 2. The number of carbonyl (C=O) groups is 1. The maximum absolute atomic E-state index is 12.3. The van der Waals surface area contributed by atoms with Crippen LogP contribution in [0.4, 0.5) is 0 Å². The third-order valence-electron chi connectivity index (χ3n) is 4.48. The molecule has 5 atom stereocenters. The molecular weight excluding hydrogens is 292 g/mol. The zero-order chi connectivity index (χ0) is 17.4. The molecule has 23 heavy (non-hydrogen) atoms. The first-order valence-electron chi connectivity index (χ1n) is 8.40. The summed E-state index contributed by atoms with van der Waals surface area (Å²) in [6.07, 6.45) is -0.891. The molecule has 0 bridgehead atoms. The first kappa shape index (κ1) is 19.8. The Kier molecular flexibility index (Phi) is 8.45. The number of hydrogen-bond acceptors (Lipinski definition) is 4. The van der Waals surface area contributed by atoms with E-state index in [0.717, 1.165) is 5.56 Å². The number of carbonyl (C=O) groups excluding carboxylic acids is 1. The van der Waals surface area contributed by atoms with E-state index < -0.39 is 24.0 Å². The minimum Gasteiger partial charge on any atom is -0.392 e. The zero-order valence-corrected chi connectivity index (χ0v) is 14.6. The minimum absolute atomic E-state index is 0.0956. The quantitative estimate of drug-likeness (QED) is 0.695. The van der Waals surface area contributed by atoms with Crippen LogP contribution >= 0.6 is 0 Å². The van der Waals surface area contributed by atoms with Crippen molar-refractivity contribution < 1.29 is 19.7 Å². The highest BCUT2D eigenvalue weighted by atomic mass is 16.5. The molecule has 0 radical (unpaired) electrons. The number of rotatable bonds is 10. The number of benzene rings is 1. The van der Waals surface area contributed by atoms with Crippen LogP contribution in [0.1, 0.15) is 39.7 Å². The van der Waals surface area contributed by atoms with Crippen LogP contribution in [0.2, 0.25) is 0 Å². The summed E-state index contributed by atoms with van der Waals surface area (Å²) in [6, 6.07) is 9.84. The van der Waals surface area contributed by atoms with Gasteiger partial charge in [-0.15, -0.1) is 0 Å². The van der Waals surface area contributed by atoms with E-state index in [9.17, 15) is 15.0 Å². The van der Waals surface area contributed by atoms with Crippen molar-refractivity contribution in [1.29, 1.82) is 0 Å². The second-order valence-corrected chi connectivity index (χ2v) is 6.42. The largest absolute Gasteiger partial charge is 0.392 e. The number of Topliss-reactive ketones (excluding diaryl/α,β-unsaturated/α-hetero) is 1. The molecule has 0 spiro atoms. The molecule has 1 rings (SSSR count). The summed E-state index contributed by atoms with van der Waals surface area (Å²) in [5.74, 6) is -1.21. The molecule has 4 nitrogen and oxygen atoms in total. The van der Waals surface area contributed by atoms with E-state index in [0.29, 0.717) is 19.6 Å². The van der Waals surface area contributed by atoms with Crippen LogP contribution in [-0.4, -0.2) is 34.8 Å². The Balaban J connectivity index is 2.45. The second kappa shape index (κ2) is 9.81. The lowest BCUT2D eigenvalue weighted by molar-refractivity contribution is -0.134. The lowest BCUT2D eigenvalue weighted by Crippen LogP contribution is -2.38. The first-order chi connectivity index (χ1) is 10.9. The van der Waals surface area contributed by atoms with Gasteiger partial charge in [-0.2, -0.15) is 0 Å². The van der Waals surface area contributed by atoms with Crippen LogP contribution in [0.25, 0.3) is 0 Å². The fraction of sp³-hybridized carbons (Fsp3) is 0.632. The Morgan fingerprint density at radius 3 is 2.26 bits per heavy atom. The fourth-order valence-electron chi connectivity index (χ4n) is 2.65. The molecule has 0 saturated heterocycles. The number of ether oxygens (including phenoxy) is 1. The molecule has 0 saturated carbocycles. The summed E-state index contributed by atoms with van der Waals surface area (Å²) in [7, 11) is 0. The fourth-order valence-corrected chi connectivity index (χ4v) is 2.65. The maximum Gasteiger partial charge on any atom is 0.143 e. The van der Waals surface area contributed by atoms with E-state index in [1.54, 1.807) is 13.8 Å². The molecule has 0 aliphatic heterocycles. The van der Waals surface area contributed by atoms with Crippen molar-refractivity contribution in [3.63, 3.8) is 0 Å². The van der Waals surface area contributed by atoms with Crippen LogP contribution in [0.15, 0.2) is 30.3 Å². The topological polar surface area (TPSA) is 66.8 Å². The smallest absolute Gasteiger partial charge is 0.143 e. The van der Waals surface area contributed by atoms with Gasteiger partial charge in [-0.25, -0.2) is 0 Å². The maximum atomic E-state index is 12.3. The molecule has 0 aliphatic carbocycles. The number of ketones is 1. The van der Waals surface area contributed by atoms with E-state index in [1.807, 2.05) is 44.2 Å². The molecule has 4 unspecified atom stereocenters. The Morgan fingerprint density at radius 1 is 1.09 bits per heavy atom. The number of aliphatic hydroxyl groups excluding tert-OH is 2. The standard InChI is InChI=1S/C19H30O4/c1-5-17(20)14(3)19(22)15(4)18(21)13(2)11-23-12-16-9-7-6-8-10-16/h6-10,13-15,17-18,20-21H,5,11-12H2,1-4H3/t13-,14?,15?,17?,18?/m1/s1. The monoisotopic (exact) mass is 322 g/mol. The van der Waals surface area contributed by atoms with Crippen molar-refractivity contribution in [3.05, 3.63) is 35.9 Å². The molecule has 2 N–H and O–H groups in total. The SMILES string of the molecule is CCC(O)C(C)C(=O)C(C)C(O)[C@H](C)COCc1ccccc1. The Bertz CT molecular complexity index is 460. The third kappa shape index (κ3) is 6.05. The van der Waals surface area contributed by atoms with Gasteiger partial charge >= 0.3 is 0 Å². The van der Waals surface area contributed by atoms with Gasteiger partial charge in [0.1, 0.15) is 5.78 Å². The zero-order valence-electron chi connectivity index (χ0n) is 14.6. The Labute approximate surface area is 139 Å². The minimum atomic E-state index is -0.773. The molecule has 0 aliphatic rings. The van der Waals surface area contributed by atoms with Crippen LogP contribution in [-0.2, 0) is 16.1 Å². The first-order valence-corrected chi connectivity index (χ1v) is 8.40. The Morgan fingerprint density at radius 2 is 1.70 bits per heavy atom. The van der Waals surface area contributed by atoms with Crippen molar-refractivity contribution >= 4 is 5.78 Å². The van der Waals surface area contributed by atoms with Crippen molar-refractivity contribution in [3.8, 4) is 0 Å². The molecule has 4 heteroatoms. The summed E-state index contributed by atoms with van der Waals surface area (Å²) < 4.78 is 5.64. The lowest BCUT2D eigenvalue weighted by Gasteiger charge is -2.27. The number of hydrogen-bond donors (Lipinski definition) is 2. The lowest BCUT2D eigenvalue weighted by atomic mass is 9.83. The molecule has 0 heterocycles. The molecular formula is C19H30O4. The van der Waals surface area contributed by atoms with Gasteiger partial charge < -0.3 is 14.9 Å². The molecule has 0 aromatic heterocycles. The highest BCUT2D eigenvalue weighted by Gasteiger charge is 2.32. The normalized spacial score (nSPS) is 18.0. The highest BCUT2D eigenvalue weighted by Crippen LogP contribution is 2.21. The van der Waals surface area contributed by atoms with Gasteiger partial charge in [0.2, 0.25) is 0 Å². The molecule has 1 aromatic carbocycles. The summed E-state index contributed by atoms with van der Waals surface area (Å²) >= 11 is 0. The van der Waals surface area contributed by atoms with Gasteiger partial charge in [0.15, 0.2) is 0 Å². The van der Waals surface area contributed by atoms with Crippen molar-refractivity contribution in [2.45, 2.75) is 52.9 Å². The van der Waals surface area contributed by atoms with E-state index >= 15 is 0 Å². The van der Waals surface area contributed by atoms with Gasteiger partial charge in [-0.3, -0.25) is 4.79 Å². The van der Waals surface area contributed by atoms with Crippen LogP contribution in [0.3, 0.4) is 0 Å². The van der Waals surface area contributed by atoms with Crippen molar-refractivity contribution in [2.24, 2.45) is 17.8 Å². The van der Waals surface area contributed by atoms with E-state index in [-0.39, 0.29) is 11.7 Å².